The Balaban J connectivity index is 0.982. The third-order valence-electron chi connectivity index (χ3n) is 8.83. The first-order valence-corrected chi connectivity index (χ1v) is 14.2. The number of carbonyl (C=O) groups excluding carboxylic acids is 2. The van der Waals surface area contributed by atoms with E-state index in [1.165, 1.54) is 0 Å². The number of anilines is 1. The molecular formula is C28H38F2N4O5. The summed E-state index contributed by atoms with van der Waals surface area (Å²) in [5.74, 6) is -1.53. The molecule has 39 heavy (non-hydrogen) atoms. The predicted octanol–water partition coefficient (Wildman–Crippen LogP) is 4.20. The molecule has 1 aromatic heterocycles. The van der Waals surface area contributed by atoms with Gasteiger partial charge in [0, 0.05) is 45.3 Å². The van der Waals surface area contributed by atoms with Gasteiger partial charge >= 0.3 is 5.97 Å². The maximum Gasteiger partial charge on any atom is 0.335 e. The number of benzene rings is 1. The highest BCUT2D eigenvalue weighted by Crippen LogP contribution is 2.32. The predicted molar refractivity (Wildman–Crippen MR) is 140 cm³/mol. The van der Waals surface area contributed by atoms with E-state index >= 15 is 0 Å². The first kappa shape index (κ1) is 27.8. The lowest BCUT2D eigenvalue weighted by Crippen LogP contribution is -2.47. The number of carbonyl (C=O) groups is 2. The smallest absolute Gasteiger partial charge is 0.335 e. The highest BCUT2D eigenvalue weighted by molar-refractivity contribution is 5.88. The number of rotatable bonds is 7. The number of halogens is 2. The zero-order chi connectivity index (χ0) is 27.4. The maximum atomic E-state index is 13.7. The lowest BCUT2D eigenvalue weighted by atomic mass is 9.80. The summed E-state index contributed by atoms with van der Waals surface area (Å²) in [6, 6.07) is 2.19. The van der Waals surface area contributed by atoms with Crippen molar-refractivity contribution >= 4 is 28.7 Å². The van der Waals surface area contributed by atoms with Crippen LogP contribution in [0, 0.1) is 29.4 Å². The monoisotopic (exact) mass is 548 g/mol. The fraction of sp³-hybridized carbons (Fsp3) is 0.679. The zero-order valence-electron chi connectivity index (χ0n) is 22.5. The summed E-state index contributed by atoms with van der Waals surface area (Å²) in [7, 11) is 1.69. The van der Waals surface area contributed by atoms with E-state index in [2.05, 4.69) is 20.4 Å². The Bertz CT molecular complexity index is 1140. The topological polar surface area (TPSA) is 97.1 Å². The van der Waals surface area contributed by atoms with Crippen LogP contribution in [0.15, 0.2) is 16.7 Å². The Morgan fingerprint density at radius 3 is 2.33 bits per heavy atom. The van der Waals surface area contributed by atoms with Gasteiger partial charge in [-0.3, -0.25) is 9.69 Å². The van der Waals surface area contributed by atoms with E-state index < -0.39 is 11.6 Å². The SMILES string of the molecule is COC1CCC(C(=O)ONC(=O)C2CCC(CCN3CCN(c4noc5cc(F)c(F)cc45)CC3)CC2)CC1. The summed E-state index contributed by atoms with van der Waals surface area (Å²) in [6.07, 6.45) is 8.00. The van der Waals surface area contributed by atoms with Gasteiger partial charge in [0.25, 0.3) is 5.91 Å². The average molecular weight is 549 g/mol. The van der Waals surface area contributed by atoms with Crippen LogP contribution in [0.1, 0.15) is 57.8 Å². The molecule has 0 atom stereocenters. The molecule has 1 amide bonds. The molecule has 0 bridgehead atoms. The average Bonchev–Trinajstić information content (AvgIpc) is 3.37. The zero-order valence-corrected chi connectivity index (χ0v) is 22.5. The fourth-order valence-electron chi connectivity index (χ4n) is 6.21. The molecule has 1 saturated heterocycles. The molecule has 0 spiro atoms. The quantitative estimate of drug-likeness (QED) is 0.515. The number of nitrogens with one attached hydrogen (secondary N) is 1. The molecule has 1 N–H and O–H groups in total. The fourth-order valence-corrected chi connectivity index (χ4v) is 6.21. The number of nitrogens with zero attached hydrogens (tertiary/aromatic N) is 3. The van der Waals surface area contributed by atoms with Gasteiger partial charge in [0.2, 0.25) is 0 Å². The van der Waals surface area contributed by atoms with E-state index in [1.54, 1.807) is 7.11 Å². The number of aromatic nitrogens is 1. The molecule has 2 aromatic rings. The van der Waals surface area contributed by atoms with E-state index in [1.807, 2.05) is 0 Å². The van der Waals surface area contributed by atoms with Crippen molar-refractivity contribution in [2.75, 3.05) is 44.7 Å². The number of fused-ring (bicyclic) bond motifs is 1. The molecule has 3 fully saturated rings. The van der Waals surface area contributed by atoms with E-state index in [0.29, 0.717) is 17.1 Å². The number of hydroxylamine groups is 1. The first-order chi connectivity index (χ1) is 18.9. The Morgan fingerprint density at radius 2 is 1.64 bits per heavy atom. The summed E-state index contributed by atoms with van der Waals surface area (Å²) in [6.45, 7) is 4.17. The summed E-state index contributed by atoms with van der Waals surface area (Å²) < 4.78 is 37.8. The Kier molecular flexibility index (Phi) is 8.96. The second-order valence-electron chi connectivity index (χ2n) is 11.2. The van der Waals surface area contributed by atoms with Crippen LogP contribution in [-0.4, -0.2) is 67.9 Å². The molecule has 0 radical (unpaired) electrons. The highest BCUT2D eigenvalue weighted by atomic mass is 19.2. The van der Waals surface area contributed by atoms with Crippen molar-refractivity contribution in [1.29, 1.82) is 0 Å². The van der Waals surface area contributed by atoms with Gasteiger partial charge in [-0.2, -0.15) is 5.48 Å². The summed E-state index contributed by atoms with van der Waals surface area (Å²) in [5.41, 5.74) is 2.67. The lowest BCUT2D eigenvalue weighted by Gasteiger charge is -2.36. The van der Waals surface area contributed by atoms with Gasteiger partial charge in [0.1, 0.15) is 0 Å². The van der Waals surface area contributed by atoms with Gasteiger partial charge in [-0.1, -0.05) is 5.16 Å². The van der Waals surface area contributed by atoms with Gasteiger partial charge in [0.05, 0.1) is 17.4 Å². The molecule has 1 aromatic carbocycles. The first-order valence-electron chi connectivity index (χ1n) is 14.2. The number of hydrogen-bond acceptors (Lipinski definition) is 8. The molecular weight excluding hydrogens is 510 g/mol. The number of hydrogen-bond donors (Lipinski definition) is 1. The van der Waals surface area contributed by atoms with Crippen LogP contribution < -0.4 is 10.4 Å². The van der Waals surface area contributed by atoms with Crippen LogP contribution in [0.25, 0.3) is 11.0 Å². The molecule has 11 heteroatoms. The van der Waals surface area contributed by atoms with Crippen LogP contribution >= 0.6 is 0 Å². The van der Waals surface area contributed by atoms with E-state index in [0.717, 1.165) is 103 Å². The van der Waals surface area contributed by atoms with Gasteiger partial charge in [0.15, 0.2) is 23.0 Å². The summed E-state index contributed by atoms with van der Waals surface area (Å²) >= 11 is 0. The number of piperazine rings is 1. The van der Waals surface area contributed by atoms with Crippen molar-refractivity contribution in [3.8, 4) is 0 Å². The number of amides is 1. The van der Waals surface area contributed by atoms with Crippen LogP contribution in [0.2, 0.25) is 0 Å². The molecule has 2 heterocycles. The third kappa shape index (κ3) is 6.69. The highest BCUT2D eigenvalue weighted by Gasteiger charge is 2.31. The van der Waals surface area contributed by atoms with Crippen LogP contribution in [0.5, 0.6) is 0 Å². The molecule has 1 aliphatic heterocycles. The van der Waals surface area contributed by atoms with E-state index in [4.69, 9.17) is 14.1 Å². The van der Waals surface area contributed by atoms with Gasteiger partial charge in [-0.05, 0) is 76.3 Å². The molecule has 3 aliphatic rings. The number of ether oxygens (including phenoxy) is 1. The van der Waals surface area contributed by atoms with Gasteiger partial charge in [-0.15, -0.1) is 0 Å². The second kappa shape index (κ2) is 12.6. The third-order valence-corrected chi connectivity index (χ3v) is 8.83. The molecule has 2 saturated carbocycles. The van der Waals surface area contributed by atoms with Crippen molar-refractivity contribution in [3.63, 3.8) is 0 Å². The van der Waals surface area contributed by atoms with Crippen molar-refractivity contribution in [3.05, 3.63) is 23.8 Å². The summed E-state index contributed by atoms with van der Waals surface area (Å²) in [4.78, 5) is 34.5. The lowest BCUT2D eigenvalue weighted by molar-refractivity contribution is -0.165. The maximum absolute atomic E-state index is 13.7. The van der Waals surface area contributed by atoms with E-state index in [9.17, 15) is 18.4 Å². The van der Waals surface area contributed by atoms with Crippen LogP contribution in [-0.2, 0) is 19.2 Å². The Morgan fingerprint density at radius 1 is 0.974 bits per heavy atom. The minimum Gasteiger partial charge on any atom is -0.381 e. The van der Waals surface area contributed by atoms with Crippen molar-refractivity contribution < 1.29 is 32.5 Å². The molecule has 9 nitrogen and oxygen atoms in total. The molecule has 214 valence electrons. The van der Waals surface area contributed by atoms with Crippen molar-refractivity contribution in [2.45, 2.75) is 63.9 Å². The molecule has 0 unspecified atom stereocenters. The van der Waals surface area contributed by atoms with Crippen molar-refractivity contribution in [1.82, 2.24) is 15.5 Å². The molecule has 2 aliphatic carbocycles. The van der Waals surface area contributed by atoms with Gasteiger partial charge in [-0.25, -0.2) is 13.6 Å². The molecule has 5 rings (SSSR count). The van der Waals surface area contributed by atoms with Crippen molar-refractivity contribution in [2.24, 2.45) is 17.8 Å². The second-order valence-corrected chi connectivity index (χ2v) is 11.2. The van der Waals surface area contributed by atoms with E-state index in [-0.39, 0.29) is 35.4 Å². The van der Waals surface area contributed by atoms with Crippen LogP contribution in [0.3, 0.4) is 0 Å². The normalized spacial score (nSPS) is 26.5. The van der Waals surface area contributed by atoms with Crippen LogP contribution in [0.4, 0.5) is 14.6 Å². The van der Waals surface area contributed by atoms with Gasteiger partial charge < -0.3 is 19.0 Å². The standard InChI is InChI=1S/C28H38F2N4O5/c1-37-21-8-6-20(7-9-21)28(36)39-32-27(35)19-4-2-18(3-5-19)10-11-33-12-14-34(15-13-33)26-22-16-23(29)24(30)17-25(22)38-31-26/h16-21H,2-15H2,1H3,(H,32,35). The minimum absolute atomic E-state index is 0.114. The summed E-state index contributed by atoms with van der Waals surface area (Å²) in [5, 5.41) is 4.55. The Labute approximate surface area is 227 Å². The minimum atomic E-state index is -0.941. The number of methoxy groups -OCH3 is 1. The largest absolute Gasteiger partial charge is 0.381 e. The Hall–Kier alpha value is -2.79.